The number of carbonyl (C=O) groups excluding carboxylic acids is 1. The Kier molecular flexibility index (Phi) is 3.90. The third-order valence-corrected chi connectivity index (χ3v) is 4.75. The maximum Gasteiger partial charge on any atom is 0.220 e. The number of hydrogen-bond acceptors (Lipinski definition) is 4. The van der Waals surface area contributed by atoms with Gasteiger partial charge in [0.1, 0.15) is 9.91 Å². The van der Waals surface area contributed by atoms with E-state index in [1.165, 1.54) is 0 Å². The van der Waals surface area contributed by atoms with E-state index >= 15 is 0 Å². The maximum atomic E-state index is 11.5. The van der Waals surface area contributed by atoms with Gasteiger partial charge in [-0.2, -0.15) is 5.10 Å². The highest BCUT2D eigenvalue weighted by atomic mass is 32.2. The van der Waals surface area contributed by atoms with Crippen molar-refractivity contribution in [2.75, 3.05) is 5.01 Å². The summed E-state index contributed by atoms with van der Waals surface area (Å²) in [4.78, 5) is 11.0. The summed E-state index contributed by atoms with van der Waals surface area (Å²) in [6.45, 7) is 1.99. The zero-order valence-electron chi connectivity index (χ0n) is 12.3. The Morgan fingerprint density at radius 3 is 2.32 bits per heavy atom. The van der Waals surface area contributed by atoms with E-state index in [1.807, 2.05) is 72.6 Å². The quantitative estimate of drug-likeness (QED) is 0.943. The lowest BCUT2D eigenvalue weighted by Crippen LogP contribution is -2.40. The van der Waals surface area contributed by atoms with E-state index in [4.69, 9.17) is 10.8 Å². The molecule has 1 aliphatic heterocycles. The van der Waals surface area contributed by atoms with Gasteiger partial charge in [0.25, 0.3) is 0 Å². The number of rotatable bonds is 4. The topological polar surface area (TPSA) is 58.7 Å². The lowest BCUT2D eigenvalue weighted by molar-refractivity contribution is -0.118. The molecule has 112 valence electrons. The number of amides is 1. The third-order valence-electron chi connectivity index (χ3n) is 3.48. The predicted octanol–water partition coefficient (Wildman–Crippen LogP) is 3.19. The van der Waals surface area contributed by atoms with Gasteiger partial charge in [-0.3, -0.25) is 4.79 Å². The molecule has 0 spiro atoms. The van der Waals surface area contributed by atoms with Crippen LogP contribution >= 0.6 is 11.8 Å². The monoisotopic (exact) mass is 311 g/mol. The fourth-order valence-electron chi connectivity index (χ4n) is 2.50. The van der Waals surface area contributed by atoms with Crippen molar-refractivity contribution in [1.29, 1.82) is 0 Å². The van der Waals surface area contributed by atoms with Crippen LogP contribution in [0, 0.1) is 0 Å². The first-order valence-electron chi connectivity index (χ1n) is 7.05. The van der Waals surface area contributed by atoms with Crippen LogP contribution in [0.3, 0.4) is 0 Å². The highest BCUT2D eigenvalue weighted by Gasteiger charge is 2.42. The summed E-state index contributed by atoms with van der Waals surface area (Å²) in [5.41, 5.74) is 7.44. The van der Waals surface area contributed by atoms with Crippen LogP contribution in [0.25, 0.3) is 0 Å². The van der Waals surface area contributed by atoms with E-state index < -0.39 is 4.87 Å². The second kappa shape index (κ2) is 5.85. The summed E-state index contributed by atoms with van der Waals surface area (Å²) in [6, 6.07) is 19.8. The Balaban J connectivity index is 2.01. The summed E-state index contributed by atoms with van der Waals surface area (Å²) >= 11 is 1.57. The van der Waals surface area contributed by atoms with Crippen molar-refractivity contribution in [2.45, 2.75) is 18.2 Å². The number of carbonyl (C=O) groups is 1. The van der Waals surface area contributed by atoms with Gasteiger partial charge >= 0.3 is 0 Å². The highest BCUT2D eigenvalue weighted by Crippen LogP contribution is 2.44. The van der Waals surface area contributed by atoms with Crippen LogP contribution in [0.4, 0.5) is 5.69 Å². The fraction of sp³-hybridized carbons (Fsp3) is 0.176. The first kappa shape index (κ1) is 14.7. The molecule has 2 aromatic rings. The average Bonchev–Trinajstić information content (AvgIpc) is 2.85. The normalized spacial score (nSPS) is 20.8. The highest BCUT2D eigenvalue weighted by molar-refractivity contribution is 8.16. The van der Waals surface area contributed by atoms with Gasteiger partial charge in [-0.1, -0.05) is 60.3 Å². The van der Waals surface area contributed by atoms with E-state index in [1.54, 1.807) is 11.8 Å². The van der Waals surface area contributed by atoms with E-state index in [0.717, 1.165) is 16.3 Å². The van der Waals surface area contributed by atoms with Crippen LogP contribution < -0.4 is 10.7 Å². The van der Waals surface area contributed by atoms with Crippen LogP contribution in [0.15, 0.2) is 65.8 Å². The molecule has 0 radical (unpaired) electrons. The Labute approximate surface area is 134 Å². The van der Waals surface area contributed by atoms with Crippen LogP contribution in [0.1, 0.15) is 18.9 Å². The minimum Gasteiger partial charge on any atom is -0.370 e. The largest absolute Gasteiger partial charge is 0.370 e. The molecule has 0 bridgehead atoms. The van der Waals surface area contributed by atoms with E-state index in [9.17, 15) is 4.79 Å². The van der Waals surface area contributed by atoms with Gasteiger partial charge in [0, 0.05) is 5.56 Å². The van der Waals surface area contributed by atoms with Gasteiger partial charge in [0.15, 0.2) is 0 Å². The molecule has 1 aliphatic rings. The fourth-order valence-corrected chi connectivity index (χ4v) is 3.74. The SMILES string of the molecule is CC1(CC(N)=O)SC(c2ccccc2)=NN1c1ccccc1. The van der Waals surface area contributed by atoms with Crippen molar-refractivity contribution < 1.29 is 4.79 Å². The molecule has 0 saturated heterocycles. The first-order chi connectivity index (χ1) is 10.6. The number of hydrogen-bond donors (Lipinski definition) is 1. The number of thioether (sulfide) groups is 1. The van der Waals surface area contributed by atoms with Crippen LogP contribution in [-0.4, -0.2) is 15.8 Å². The van der Waals surface area contributed by atoms with Crippen LogP contribution in [0.5, 0.6) is 0 Å². The molecular formula is C17H17N3OS. The smallest absolute Gasteiger partial charge is 0.220 e. The predicted molar refractivity (Wildman–Crippen MR) is 91.7 cm³/mol. The molecule has 2 N–H and O–H groups in total. The number of primary amides is 1. The number of anilines is 1. The molecule has 22 heavy (non-hydrogen) atoms. The molecule has 1 heterocycles. The number of para-hydroxylation sites is 1. The summed E-state index contributed by atoms with van der Waals surface area (Å²) in [5.74, 6) is -0.333. The minimum atomic E-state index is -0.516. The Morgan fingerprint density at radius 1 is 1.14 bits per heavy atom. The molecule has 0 saturated carbocycles. The van der Waals surface area contributed by atoms with Gasteiger partial charge in [0.2, 0.25) is 5.91 Å². The lowest BCUT2D eigenvalue weighted by Gasteiger charge is -2.32. The number of benzene rings is 2. The Hall–Kier alpha value is -2.27. The van der Waals surface area contributed by atoms with Crippen molar-refractivity contribution in [1.82, 2.24) is 0 Å². The lowest BCUT2D eigenvalue weighted by atomic mass is 10.2. The summed E-state index contributed by atoms with van der Waals surface area (Å²) in [6.07, 6.45) is 0.229. The van der Waals surface area contributed by atoms with Crippen LogP contribution in [-0.2, 0) is 4.79 Å². The van der Waals surface area contributed by atoms with Crippen molar-refractivity contribution >= 4 is 28.4 Å². The molecule has 1 unspecified atom stereocenters. The molecule has 3 rings (SSSR count). The number of nitrogens with zero attached hydrogens (tertiary/aromatic N) is 2. The average molecular weight is 311 g/mol. The minimum absolute atomic E-state index is 0.229. The van der Waals surface area contributed by atoms with Crippen molar-refractivity contribution in [2.24, 2.45) is 10.8 Å². The van der Waals surface area contributed by atoms with Gasteiger partial charge < -0.3 is 5.73 Å². The number of hydrazone groups is 1. The third kappa shape index (κ3) is 2.85. The molecule has 0 fully saturated rings. The molecule has 0 aliphatic carbocycles. The Morgan fingerprint density at radius 2 is 1.73 bits per heavy atom. The standard InChI is InChI=1S/C17H17N3OS/c1-17(12-15(18)21)20(14-10-6-3-7-11-14)19-16(22-17)13-8-4-2-5-9-13/h2-11H,12H2,1H3,(H2,18,21). The molecular weight excluding hydrogens is 294 g/mol. The van der Waals surface area contributed by atoms with E-state index in [0.29, 0.717) is 0 Å². The second-order valence-corrected chi connectivity index (χ2v) is 6.81. The molecule has 5 heteroatoms. The second-order valence-electron chi connectivity index (χ2n) is 5.34. The zero-order valence-corrected chi connectivity index (χ0v) is 13.1. The van der Waals surface area contributed by atoms with E-state index in [-0.39, 0.29) is 12.3 Å². The van der Waals surface area contributed by atoms with Crippen molar-refractivity contribution in [3.8, 4) is 0 Å². The van der Waals surface area contributed by atoms with Gasteiger partial charge in [-0.15, -0.1) is 0 Å². The Bertz CT molecular complexity index is 702. The van der Waals surface area contributed by atoms with Crippen molar-refractivity contribution in [3.05, 3.63) is 66.2 Å². The number of nitrogens with two attached hydrogens (primary N) is 1. The molecule has 4 nitrogen and oxygen atoms in total. The van der Waals surface area contributed by atoms with Gasteiger partial charge in [-0.25, -0.2) is 5.01 Å². The zero-order chi connectivity index (χ0) is 15.6. The molecule has 0 aromatic heterocycles. The summed E-state index contributed by atoms with van der Waals surface area (Å²) in [7, 11) is 0. The molecule has 1 amide bonds. The molecule has 2 aromatic carbocycles. The molecule has 1 atom stereocenters. The van der Waals surface area contributed by atoms with Crippen molar-refractivity contribution in [3.63, 3.8) is 0 Å². The van der Waals surface area contributed by atoms with Crippen LogP contribution in [0.2, 0.25) is 0 Å². The first-order valence-corrected chi connectivity index (χ1v) is 7.87. The maximum absolute atomic E-state index is 11.5. The van der Waals surface area contributed by atoms with Gasteiger partial charge in [-0.05, 0) is 19.1 Å². The summed E-state index contributed by atoms with van der Waals surface area (Å²) in [5, 5.41) is 7.53. The van der Waals surface area contributed by atoms with Gasteiger partial charge in [0.05, 0.1) is 12.1 Å². The van der Waals surface area contributed by atoms with E-state index in [2.05, 4.69) is 0 Å². The summed E-state index contributed by atoms with van der Waals surface area (Å²) < 4.78 is 0.